The Morgan fingerprint density at radius 2 is 2.04 bits per heavy atom. The van der Waals surface area contributed by atoms with Crippen LogP contribution in [0.2, 0.25) is 0 Å². The molecular formula is C21H32FN3O2. The molecular weight excluding hydrogens is 345 g/mol. The Morgan fingerprint density at radius 3 is 2.74 bits per heavy atom. The van der Waals surface area contributed by atoms with Gasteiger partial charge in [0, 0.05) is 25.6 Å². The third-order valence-corrected chi connectivity index (χ3v) is 5.97. The second-order valence-corrected chi connectivity index (χ2v) is 8.01. The first-order valence-electron chi connectivity index (χ1n) is 10.1. The molecule has 150 valence electrons. The zero-order valence-corrected chi connectivity index (χ0v) is 16.3. The molecule has 0 bridgehead atoms. The zero-order chi connectivity index (χ0) is 19.1. The smallest absolute Gasteiger partial charge is 0.237 e. The number of ether oxygens (including phenoxy) is 1. The summed E-state index contributed by atoms with van der Waals surface area (Å²) in [5.41, 5.74) is 1.08. The van der Waals surface area contributed by atoms with Gasteiger partial charge in [-0.2, -0.15) is 0 Å². The van der Waals surface area contributed by atoms with Gasteiger partial charge in [-0.1, -0.05) is 18.6 Å². The summed E-state index contributed by atoms with van der Waals surface area (Å²) in [6.45, 7) is 4.88. The topological polar surface area (TPSA) is 53.6 Å². The van der Waals surface area contributed by atoms with Gasteiger partial charge in [0.1, 0.15) is 5.82 Å². The fourth-order valence-electron chi connectivity index (χ4n) is 4.33. The van der Waals surface area contributed by atoms with Crippen LogP contribution in [0.25, 0.3) is 0 Å². The second kappa shape index (κ2) is 9.62. The summed E-state index contributed by atoms with van der Waals surface area (Å²) >= 11 is 0. The molecule has 2 N–H and O–H groups in total. The van der Waals surface area contributed by atoms with E-state index < -0.39 is 0 Å². The summed E-state index contributed by atoms with van der Waals surface area (Å²) in [4.78, 5) is 15.2. The first-order valence-corrected chi connectivity index (χ1v) is 10.1. The molecule has 2 saturated heterocycles. The van der Waals surface area contributed by atoms with Gasteiger partial charge in [0.15, 0.2) is 0 Å². The van der Waals surface area contributed by atoms with Crippen molar-refractivity contribution >= 4 is 5.91 Å². The average molecular weight is 378 g/mol. The number of benzene rings is 1. The Kier molecular flexibility index (Phi) is 7.21. The quantitative estimate of drug-likeness (QED) is 0.766. The van der Waals surface area contributed by atoms with E-state index in [0.29, 0.717) is 19.7 Å². The van der Waals surface area contributed by atoms with Crippen molar-refractivity contribution in [3.8, 4) is 0 Å². The third-order valence-electron chi connectivity index (χ3n) is 5.97. The number of hydrogen-bond donors (Lipinski definition) is 2. The highest BCUT2D eigenvalue weighted by molar-refractivity contribution is 5.81. The highest BCUT2D eigenvalue weighted by Crippen LogP contribution is 2.28. The van der Waals surface area contributed by atoms with E-state index >= 15 is 0 Å². The fourth-order valence-corrected chi connectivity index (χ4v) is 4.33. The normalized spacial score (nSPS) is 23.1. The van der Waals surface area contributed by atoms with E-state index in [2.05, 4.69) is 15.5 Å². The molecule has 0 aromatic heterocycles. The average Bonchev–Trinajstić information content (AvgIpc) is 2.69. The van der Waals surface area contributed by atoms with Crippen LogP contribution in [0, 0.1) is 11.2 Å². The van der Waals surface area contributed by atoms with E-state index in [1.54, 1.807) is 7.11 Å². The molecule has 1 aromatic rings. The summed E-state index contributed by atoms with van der Waals surface area (Å²) < 4.78 is 18.6. The first kappa shape index (κ1) is 20.2. The Bertz CT molecular complexity index is 596. The number of carbonyl (C=O) groups excluding carboxylic acids is 1. The van der Waals surface area contributed by atoms with Crippen molar-refractivity contribution in [1.82, 2.24) is 15.5 Å². The van der Waals surface area contributed by atoms with E-state index in [1.807, 2.05) is 12.1 Å². The molecule has 0 spiro atoms. The van der Waals surface area contributed by atoms with Crippen LogP contribution in [0.4, 0.5) is 4.39 Å². The lowest BCUT2D eigenvalue weighted by Gasteiger charge is -2.39. The van der Waals surface area contributed by atoms with E-state index in [9.17, 15) is 9.18 Å². The number of carbonyl (C=O) groups is 1. The van der Waals surface area contributed by atoms with Gasteiger partial charge in [-0.05, 0) is 63.0 Å². The maximum atomic E-state index is 13.2. The van der Waals surface area contributed by atoms with E-state index in [4.69, 9.17) is 4.74 Å². The SMILES string of the molecule is COCC1(CNC(=O)C2CCCCN2Cc2ccc(F)cc2)CCNCC1. The highest BCUT2D eigenvalue weighted by Gasteiger charge is 2.34. The van der Waals surface area contributed by atoms with Gasteiger partial charge in [0.25, 0.3) is 0 Å². The molecule has 0 aliphatic carbocycles. The predicted octanol–water partition coefficient (Wildman–Crippen LogP) is 2.31. The van der Waals surface area contributed by atoms with Crippen molar-refractivity contribution < 1.29 is 13.9 Å². The van der Waals surface area contributed by atoms with Gasteiger partial charge in [0.2, 0.25) is 5.91 Å². The van der Waals surface area contributed by atoms with Crippen molar-refractivity contribution in [3.63, 3.8) is 0 Å². The van der Waals surface area contributed by atoms with E-state index in [1.165, 1.54) is 12.1 Å². The Balaban J connectivity index is 1.59. The van der Waals surface area contributed by atoms with Crippen molar-refractivity contribution in [2.24, 2.45) is 5.41 Å². The first-order chi connectivity index (χ1) is 13.1. The van der Waals surface area contributed by atoms with Crippen LogP contribution in [-0.2, 0) is 16.1 Å². The number of methoxy groups -OCH3 is 1. The third kappa shape index (κ3) is 5.50. The molecule has 2 fully saturated rings. The molecule has 1 atom stereocenters. The molecule has 1 amide bonds. The van der Waals surface area contributed by atoms with Crippen LogP contribution in [0.5, 0.6) is 0 Å². The minimum absolute atomic E-state index is 0.0338. The summed E-state index contributed by atoms with van der Waals surface area (Å²) in [7, 11) is 1.73. The van der Waals surface area contributed by atoms with Gasteiger partial charge in [0.05, 0.1) is 12.6 Å². The minimum Gasteiger partial charge on any atom is -0.384 e. The predicted molar refractivity (Wildman–Crippen MR) is 104 cm³/mol. The lowest BCUT2D eigenvalue weighted by molar-refractivity contribution is -0.128. The molecule has 0 radical (unpaired) electrons. The van der Waals surface area contributed by atoms with Crippen molar-refractivity contribution in [2.75, 3.05) is 39.9 Å². The molecule has 27 heavy (non-hydrogen) atoms. The summed E-state index contributed by atoms with van der Waals surface area (Å²) in [5, 5.41) is 6.61. The van der Waals surface area contributed by atoms with Crippen molar-refractivity contribution in [2.45, 2.75) is 44.7 Å². The van der Waals surface area contributed by atoms with Crippen LogP contribution in [0.1, 0.15) is 37.7 Å². The fraction of sp³-hybridized carbons (Fsp3) is 0.667. The van der Waals surface area contributed by atoms with Crippen LogP contribution in [0.3, 0.4) is 0 Å². The molecule has 5 nitrogen and oxygen atoms in total. The number of likely N-dealkylation sites (tertiary alicyclic amines) is 1. The maximum absolute atomic E-state index is 13.2. The Hall–Kier alpha value is -1.50. The van der Waals surface area contributed by atoms with Crippen LogP contribution < -0.4 is 10.6 Å². The van der Waals surface area contributed by atoms with E-state index in [-0.39, 0.29) is 23.2 Å². The van der Waals surface area contributed by atoms with E-state index in [0.717, 1.165) is 57.3 Å². The van der Waals surface area contributed by atoms with Gasteiger partial charge in [-0.3, -0.25) is 9.69 Å². The van der Waals surface area contributed by atoms with Gasteiger partial charge in [-0.25, -0.2) is 4.39 Å². The van der Waals surface area contributed by atoms with Crippen LogP contribution in [0.15, 0.2) is 24.3 Å². The summed E-state index contributed by atoms with van der Waals surface area (Å²) in [6, 6.07) is 6.48. The molecule has 6 heteroatoms. The summed E-state index contributed by atoms with van der Waals surface area (Å²) in [5.74, 6) is -0.108. The van der Waals surface area contributed by atoms with Crippen molar-refractivity contribution in [3.05, 3.63) is 35.6 Å². The Labute approximate surface area is 161 Å². The molecule has 0 saturated carbocycles. The van der Waals surface area contributed by atoms with Gasteiger partial charge >= 0.3 is 0 Å². The lowest BCUT2D eigenvalue weighted by Crippen LogP contribution is -2.53. The molecule has 2 aliphatic heterocycles. The standard InChI is InChI=1S/C21H32FN3O2/c1-27-16-21(9-11-23-12-10-21)15-24-20(26)19-4-2-3-13-25(19)14-17-5-7-18(22)8-6-17/h5-8,19,23H,2-4,9-16H2,1H3,(H,24,26). The zero-order valence-electron chi connectivity index (χ0n) is 16.3. The molecule has 2 heterocycles. The van der Waals surface area contributed by atoms with Crippen LogP contribution >= 0.6 is 0 Å². The largest absolute Gasteiger partial charge is 0.384 e. The molecule has 1 aromatic carbocycles. The van der Waals surface area contributed by atoms with Crippen molar-refractivity contribution in [1.29, 1.82) is 0 Å². The van der Waals surface area contributed by atoms with Gasteiger partial charge in [-0.15, -0.1) is 0 Å². The number of halogens is 1. The maximum Gasteiger partial charge on any atom is 0.237 e. The molecule has 1 unspecified atom stereocenters. The second-order valence-electron chi connectivity index (χ2n) is 8.01. The number of amides is 1. The molecule has 3 rings (SSSR count). The van der Waals surface area contributed by atoms with Gasteiger partial charge < -0.3 is 15.4 Å². The Morgan fingerprint density at radius 1 is 1.30 bits per heavy atom. The number of piperidine rings is 2. The number of hydrogen-bond acceptors (Lipinski definition) is 4. The highest BCUT2D eigenvalue weighted by atomic mass is 19.1. The molecule has 2 aliphatic rings. The lowest BCUT2D eigenvalue weighted by atomic mass is 9.79. The van der Waals surface area contributed by atoms with Crippen LogP contribution in [-0.4, -0.2) is 56.7 Å². The summed E-state index contributed by atoms with van der Waals surface area (Å²) in [6.07, 6.45) is 5.09. The number of nitrogens with one attached hydrogen (secondary N) is 2. The minimum atomic E-state index is -0.225. The monoisotopic (exact) mass is 377 g/mol. The number of nitrogens with zero attached hydrogens (tertiary/aromatic N) is 1. The number of rotatable bonds is 7.